The highest BCUT2D eigenvalue weighted by Gasteiger charge is 2.25. The lowest BCUT2D eigenvalue weighted by atomic mass is 10.2. The third-order valence-electron chi connectivity index (χ3n) is 3.50. The molecule has 0 aromatic carbocycles. The van der Waals surface area contributed by atoms with Gasteiger partial charge in [-0.2, -0.15) is 0 Å². The lowest BCUT2D eigenvalue weighted by Gasteiger charge is -2.32. The van der Waals surface area contributed by atoms with Gasteiger partial charge in [-0.15, -0.1) is 0 Å². The van der Waals surface area contributed by atoms with E-state index in [1.165, 1.54) is 12.8 Å². The number of likely N-dealkylation sites (tertiary alicyclic amines) is 1. The molecule has 1 aliphatic rings. The second kappa shape index (κ2) is 6.77. The minimum absolute atomic E-state index is 0.264. The average molecular weight is 226 g/mol. The summed E-state index contributed by atoms with van der Waals surface area (Å²) in [6.45, 7) is 9.32. The van der Waals surface area contributed by atoms with E-state index in [-0.39, 0.29) is 6.03 Å². The first kappa shape index (κ1) is 13.3. The summed E-state index contributed by atoms with van der Waals surface area (Å²) in [7, 11) is 0. The summed E-state index contributed by atoms with van der Waals surface area (Å²) >= 11 is 0. The normalized spacial score (nSPS) is 17.6. The van der Waals surface area contributed by atoms with Crippen LogP contribution in [0.5, 0.6) is 0 Å². The number of hydrogen-bond acceptors (Lipinski definition) is 1. The van der Waals surface area contributed by atoms with Gasteiger partial charge in [0.2, 0.25) is 0 Å². The molecule has 1 heterocycles. The summed E-state index contributed by atoms with van der Waals surface area (Å²) in [5.74, 6) is 0. The summed E-state index contributed by atoms with van der Waals surface area (Å²) in [5, 5.41) is 0. The maximum Gasteiger partial charge on any atom is 0.320 e. The van der Waals surface area contributed by atoms with Crippen LogP contribution >= 0.6 is 0 Å². The lowest BCUT2D eigenvalue weighted by molar-refractivity contribution is 0.143. The average Bonchev–Trinajstić information content (AvgIpc) is 2.82. The molecule has 0 N–H and O–H groups in total. The van der Waals surface area contributed by atoms with E-state index < -0.39 is 0 Å². The smallest absolute Gasteiger partial charge is 0.320 e. The van der Waals surface area contributed by atoms with Gasteiger partial charge >= 0.3 is 6.03 Å². The van der Waals surface area contributed by atoms with Gasteiger partial charge in [-0.05, 0) is 32.6 Å². The van der Waals surface area contributed by atoms with Crippen molar-refractivity contribution in [2.24, 2.45) is 0 Å². The van der Waals surface area contributed by atoms with Crippen LogP contribution in [0.2, 0.25) is 0 Å². The first-order chi connectivity index (χ1) is 7.70. The Morgan fingerprint density at radius 1 is 1.31 bits per heavy atom. The molecule has 0 radical (unpaired) electrons. The van der Waals surface area contributed by atoms with Crippen LogP contribution in [0, 0.1) is 0 Å². The maximum absolute atomic E-state index is 12.3. The van der Waals surface area contributed by atoms with Crippen molar-refractivity contribution < 1.29 is 4.79 Å². The van der Waals surface area contributed by atoms with E-state index in [1.54, 1.807) is 0 Å². The molecule has 2 amide bonds. The number of carbonyl (C=O) groups is 1. The molecule has 1 unspecified atom stereocenters. The fourth-order valence-electron chi connectivity index (χ4n) is 2.14. The van der Waals surface area contributed by atoms with Crippen LogP contribution in [-0.4, -0.2) is 41.5 Å². The van der Waals surface area contributed by atoms with Crippen molar-refractivity contribution in [3.8, 4) is 0 Å². The zero-order valence-electron chi connectivity index (χ0n) is 11.0. The van der Waals surface area contributed by atoms with Crippen LogP contribution in [0.3, 0.4) is 0 Å². The van der Waals surface area contributed by atoms with Crippen molar-refractivity contribution in [3.63, 3.8) is 0 Å². The Balaban J connectivity index is 2.55. The highest BCUT2D eigenvalue weighted by Crippen LogP contribution is 2.14. The molecule has 3 nitrogen and oxygen atoms in total. The number of amides is 2. The van der Waals surface area contributed by atoms with Gasteiger partial charge < -0.3 is 9.80 Å². The van der Waals surface area contributed by atoms with Gasteiger partial charge in [-0.3, -0.25) is 0 Å². The molecule has 1 atom stereocenters. The van der Waals surface area contributed by atoms with E-state index in [2.05, 4.69) is 25.7 Å². The topological polar surface area (TPSA) is 23.6 Å². The number of urea groups is 1. The van der Waals surface area contributed by atoms with Crippen molar-refractivity contribution in [2.45, 2.75) is 58.9 Å². The Kier molecular flexibility index (Phi) is 5.64. The van der Waals surface area contributed by atoms with Gasteiger partial charge in [0.1, 0.15) is 0 Å². The molecular formula is C13H26N2O. The van der Waals surface area contributed by atoms with Gasteiger partial charge in [0.25, 0.3) is 0 Å². The number of hydrogen-bond donors (Lipinski definition) is 0. The predicted molar refractivity (Wildman–Crippen MR) is 67.6 cm³/mol. The molecule has 1 saturated heterocycles. The van der Waals surface area contributed by atoms with Crippen molar-refractivity contribution in [1.29, 1.82) is 0 Å². The van der Waals surface area contributed by atoms with Gasteiger partial charge in [0, 0.05) is 25.7 Å². The Labute approximate surface area is 99.8 Å². The van der Waals surface area contributed by atoms with Gasteiger partial charge in [-0.1, -0.05) is 20.3 Å². The van der Waals surface area contributed by atoms with Crippen molar-refractivity contribution in [1.82, 2.24) is 9.80 Å². The van der Waals surface area contributed by atoms with Gasteiger partial charge in [0.15, 0.2) is 0 Å². The minimum atomic E-state index is 0.264. The Morgan fingerprint density at radius 3 is 2.44 bits per heavy atom. The molecule has 0 spiro atoms. The van der Waals surface area contributed by atoms with Crippen molar-refractivity contribution in [2.75, 3.05) is 19.6 Å². The van der Waals surface area contributed by atoms with Gasteiger partial charge in [-0.25, -0.2) is 4.79 Å². The SMILES string of the molecule is CCCCN(C(=O)N1CCCC1)C(C)CC. The van der Waals surface area contributed by atoms with Crippen LogP contribution in [0.1, 0.15) is 52.9 Å². The van der Waals surface area contributed by atoms with Crippen LogP contribution in [0.4, 0.5) is 4.79 Å². The van der Waals surface area contributed by atoms with Crippen LogP contribution < -0.4 is 0 Å². The van der Waals surface area contributed by atoms with E-state index in [4.69, 9.17) is 0 Å². The molecule has 0 aromatic heterocycles. The molecule has 0 bridgehead atoms. The lowest BCUT2D eigenvalue weighted by Crippen LogP contribution is -2.46. The number of carbonyl (C=O) groups excluding carboxylic acids is 1. The van der Waals surface area contributed by atoms with Crippen molar-refractivity contribution >= 4 is 6.03 Å². The highest BCUT2D eigenvalue weighted by atomic mass is 16.2. The monoisotopic (exact) mass is 226 g/mol. The third kappa shape index (κ3) is 3.39. The molecule has 1 aliphatic heterocycles. The van der Waals surface area contributed by atoms with E-state index >= 15 is 0 Å². The second-order valence-electron chi connectivity index (χ2n) is 4.78. The summed E-state index contributed by atoms with van der Waals surface area (Å²) in [4.78, 5) is 16.4. The third-order valence-corrected chi connectivity index (χ3v) is 3.50. The summed E-state index contributed by atoms with van der Waals surface area (Å²) < 4.78 is 0. The van der Waals surface area contributed by atoms with E-state index in [0.717, 1.165) is 38.9 Å². The molecule has 3 heteroatoms. The van der Waals surface area contributed by atoms with Gasteiger partial charge in [0.05, 0.1) is 0 Å². The van der Waals surface area contributed by atoms with Crippen LogP contribution in [-0.2, 0) is 0 Å². The quantitative estimate of drug-likeness (QED) is 0.706. The fraction of sp³-hybridized carbons (Fsp3) is 0.923. The van der Waals surface area contributed by atoms with E-state index in [9.17, 15) is 4.79 Å². The fourth-order valence-corrected chi connectivity index (χ4v) is 2.14. The summed E-state index contributed by atoms with van der Waals surface area (Å²) in [5.41, 5.74) is 0. The molecule has 1 fully saturated rings. The standard InChI is InChI=1S/C13H26N2O/c1-4-6-11-15(12(3)5-2)13(16)14-9-7-8-10-14/h12H,4-11H2,1-3H3. The predicted octanol–water partition coefficient (Wildman–Crippen LogP) is 3.10. The highest BCUT2D eigenvalue weighted by molar-refractivity contribution is 5.75. The maximum atomic E-state index is 12.3. The van der Waals surface area contributed by atoms with E-state index in [0.29, 0.717) is 6.04 Å². The van der Waals surface area contributed by atoms with Crippen molar-refractivity contribution in [3.05, 3.63) is 0 Å². The minimum Gasteiger partial charge on any atom is -0.325 e. The zero-order chi connectivity index (χ0) is 12.0. The Hall–Kier alpha value is -0.730. The first-order valence-corrected chi connectivity index (χ1v) is 6.76. The largest absolute Gasteiger partial charge is 0.325 e. The molecule has 0 aliphatic carbocycles. The number of nitrogens with zero attached hydrogens (tertiary/aromatic N) is 2. The van der Waals surface area contributed by atoms with Crippen LogP contribution in [0.15, 0.2) is 0 Å². The second-order valence-corrected chi connectivity index (χ2v) is 4.78. The number of rotatable bonds is 5. The summed E-state index contributed by atoms with van der Waals surface area (Å²) in [6, 6.07) is 0.639. The Bertz CT molecular complexity index is 212. The van der Waals surface area contributed by atoms with E-state index in [1.807, 2.05) is 4.90 Å². The Morgan fingerprint density at radius 2 is 1.94 bits per heavy atom. The summed E-state index contributed by atoms with van der Waals surface area (Å²) in [6.07, 6.45) is 5.66. The molecule has 0 aromatic rings. The molecule has 0 saturated carbocycles. The van der Waals surface area contributed by atoms with Crippen LogP contribution in [0.25, 0.3) is 0 Å². The number of unbranched alkanes of at least 4 members (excludes halogenated alkanes) is 1. The molecule has 1 rings (SSSR count). The molecule has 16 heavy (non-hydrogen) atoms. The molecular weight excluding hydrogens is 200 g/mol. The zero-order valence-corrected chi connectivity index (χ0v) is 11.0. The first-order valence-electron chi connectivity index (χ1n) is 6.76. The molecule has 94 valence electrons.